The maximum Gasteiger partial charge on any atom is 0.219 e. The third kappa shape index (κ3) is 5.22. The fourth-order valence-electron chi connectivity index (χ4n) is 14.4. The number of ether oxygens (including phenoxy) is 3. The average Bonchev–Trinajstić information content (AvgIpc) is 3.70. The predicted octanol–water partition coefficient (Wildman–Crippen LogP) is 6.72. The lowest BCUT2D eigenvalue weighted by atomic mass is 9.41. The monoisotopic (exact) mass is 726 g/mol. The van der Waals surface area contributed by atoms with E-state index in [1.165, 1.54) is 31.9 Å². The summed E-state index contributed by atoms with van der Waals surface area (Å²) in [5.41, 5.74) is 0.450. The van der Waals surface area contributed by atoms with E-state index in [1.807, 2.05) is 4.90 Å². The first-order valence-electron chi connectivity index (χ1n) is 20.0. The highest BCUT2D eigenvalue weighted by Gasteiger charge is 2.84. The van der Waals surface area contributed by atoms with Crippen LogP contribution >= 0.6 is 0 Å². The number of hydrogen-bond donors (Lipinski definition) is 1. The highest BCUT2D eigenvalue weighted by Crippen LogP contribution is 2.89. The molecule has 8 rings (SSSR count). The summed E-state index contributed by atoms with van der Waals surface area (Å²) in [5.74, 6) is 0.00262. The highest BCUT2D eigenvalue weighted by molar-refractivity contribution is 5.73. The fraction of sp³-hybridized carbons (Fsp3) is 0.810. The lowest BCUT2D eigenvalue weighted by molar-refractivity contribution is -0.247. The van der Waals surface area contributed by atoms with Gasteiger partial charge in [-0.2, -0.15) is 0 Å². The summed E-state index contributed by atoms with van der Waals surface area (Å²) in [7, 11) is 0. The van der Waals surface area contributed by atoms with Gasteiger partial charge in [-0.1, -0.05) is 34.6 Å². The Labute approximate surface area is 308 Å². The summed E-state index contributed by atoms with van der Waals surface area (Å²) in [6.45, 7) is 17.1. The number of carbonyl (C=O) groups excluding carboxylic acids is 2. The van der Waals surface area contributed by atoms with Crippen molar-refractivity contribution in [2.75, 3.05) is 26.2 Å². The van der Waals surface area contributed by atoms with E-state index in [1.54, 1.807) is 11.8 Å². The Bertz CT molecular complexity index is 1590. The number of rotatable bonds is 6. The van der Waals surface area contributed by atoms with Crippen LogP contribution in [0, 0.1) is 62.4 Å². The molecule has 2 amide bonds. The fourth-order valence-corrected chi connectivity index (χ4v) is 14.4. The maximum atomic E-state index is 14.0. The standard InChI is InChI=1S/C42H60F2N2O6/c1-24-16-30(21-46(26(3)48)20-27-17-28(43)19-29(44)18-27)51-36-35(24)39(6)12-13-42-23-41(42)11-10-33(52-34-22-45(25(2)47)14-15-50-34)38(4,5)31(41)8-9-32(42)40(39,7)37(36)49/h17-19,24,30-37,49H,8-16,20-23H2,1-7H3/t24-,30?,31+,32?,33?,34?,35+,36?,37+,39?,40-,41?,42?/m1/s1. The third-order valence-corrected chi connectivity index (χ3v) is 16.8. The number of aliphatic hydroxyl groups excluding tert-OH is 1. The van der Waals surface area contributed by atoms with Gasteiger partial charge in [0.1, 0.15) is 11.6 Å². The van der Waals surface area contributed by atoms with Gasteiger partial charge in [0.15, 0.2) is 6.29 Å². The highest BCUT2D eigenvalue weighted by atomic mass is 19.1. The lowest BCUT2D eigenvalue weighted by Gasteiger charge is -2.64. The van der Waals surface area contributed by atoms with Crippen molar-refractivity contribution < 1.29 is 37.7 Å². The lowest BCUT2D eigenvalue weighted by Crippen LogP contribution is -2.60. The largest absolute Gasteiger partial charge is 0.390 e. The molecule has 2 spiro atoms. The number of hydrogen-bond acceptors (Lipinski definition) is 6. The summed E-state index contributed by atoms with van der Waals surface area (Å²) in [6.07, 6.45) is 7.05. The number of benzene rings is 1. The molecule has 1 N–H and O–H groups in total. The second kappa shape index (κ2) is 12.4. The molecule has 2 saturated heterocycles. The first-order chi connectivity index (χ1) is 24.5. The van der Waals surface area contributed by atoms with Crippen molar-refractivity contribution in [3.05, 3.63) is 35.4 Å². The summed E-state index contributed by atoms with van der Waals surface area (Å²) in [4.78, 5) is 28.3. The van der Waals surface area contributed by atoms with Gasteiger partial charge >= 0.3 is 0 Å². The van der Waals surface area contributed by atoms with Gasteiger partial charge in [-0.15, -0.1) is 0 Å². The van der Waals surface area contributed by atoms with Gasteiger partial charge in [0.05, 0.1) is 37.6 Å². The van der Waals surface area contributed by atoms with E-state index in [0.29, 0.717) is 43.6 Å². The molecule has 1 aromatic carbocycles. The Kier molecular flexibility index (Phi) is 8.81. The van der Waals surface area contributed by atoms with Crippen molar-refractivity contribution in [2.24, 2.45) is 50.7 Å². The van der Waals surface area contributed by atoms with Crippen LogP contribution in [0.3, 0.4) is 0 Å². The molecule has 0 bridgehead atoms. The van der Waals surface area contributed by atoms with E-state index in [0.717, 1.165) is 44.6 Å². The smallest absolute Gasteiger partial charge is 0.219 e. The number of morpholine rings is 1. The molecule has 8 nitrogen and oxygen atoms in total. The zero-order valence-corrected chi connectivity index (χ0v) is 32.3. The van der Waals surface area contributed by atoms with Crippen molar-refractivity contribution in [2.45, 2.75) is 137 Å². The van der Waals surface area contributed by atoms with Gasteiger partial charge in [-0.3, -0.25) is 9.59 Å². The first kappa shape index (κ1) is 36.8. The van der Waals surface area contributed by atoms with Crippen LogP contribution in [0.1, 0.15) is 105 Å². The molecule has 0 radical (unpaired) electrons. The molecular formula is C42H60F2N2O6. The molecular weight excluding hydrogens is 666 g/mol. The van der Waals surface area contributed by atoms with Crippen LogP contribution in [0.25, 0.3) is 0 Å². The molecule has 10 heteroatoms. The van der Waals surface area contributed by atoms with Crippen molar-refractivity contribution in [1.82, 2.24) is 9.80 Å². The van der Waals surface area contributed by atoms with Crippen LogP contribution in [0.15, 0.2) is 18.2 Å². The van der Waals surface area contributed by atoms with Gasteiger partial charge in [-0.05, 0) is 114 Å². The van der Waals surface area contributed by atoms with Crippen molar-refractivity contribution in [3.63, 3.8) is 0 Å². The Morgan fingerprint density at radius 1 is 1.00 bits per heavy atom. The minimum absolute atomic E-state index is 0.0385. The van der Waals surface area contributed by atoms with Crippen LogP contribution in [-0.4, -0.2) is 83.7 Å². The molecule has 52 heavy (non-hydrogen) atoms. The van der Waals surface area contributed by atoms with Crippen LogP contribution in [0.4, 0.5) is 8.78 Å². The number of nitrogens with zero attached hydrogens (tertiary/aromatic N) is 2. The van der Waals surface area contributed by atoms with E-state index in [9.17, 15) is 23.5 Å². The van der Waals surface area contributed by atoms with Crippen molar-refractivity contribution in [3.8, 4) is 0 Å². The number of halogens is 2. The Balaban J connectivity index is 1.00. The molecule has 5 saturated carbocycles. The first-order valence-corrected chi connectivity index (χ1v) is 20.0. The molecule has 7 aliphatic rings. The SMILES string of the molecule is CC(=O)N(Cc1cc(F)cc(F)c1)CC1C[C@@H](C)[C@H]2C(O1)[C@H](O)[C@@]1(C)C3CC[C@H]4C(C)(C)C(OC5CN(C(C)=O)CCO5)CCC45CC35CCC21C. The average molecular weight is 727 g/mol. The van der Waals surface area contributed by atoms with E-state index >= 15 is 0 Å². The number of aliphatic hydroxyl groups is 1. The van der Waals surface area contributed by atoms with Crippen LogP contribution in [-0.2, 0) is 30.3 Å². The van der Waals surface area contributed by atoms with Gasteiger partial charge in [0, 0.05) is 45.0 Å². The van der Waals surface area contributed by atoms with Gasteiger partial charge in [0.25, 0.3) is 0 Å². The van der Waals surface area contributed by atoms with E-state index in [4.69, 9.17) is 14.2 Å². The zero-order valence-electron chi connectivity index (χ0n) is 32.3. The number of fused-ring (bicyclic) bond motifs is 4. The van der Waals surface area contributed by atoms with Crippen molar-refractivity contribution in [1.29, 1.82) is 0 Å². The molecule has 1 aromatic rings. The summed E-state index contributed by atoms with van der Waals surface area (Å²) in [6, 6.07) is 3.39. The van der Waals surface area contributed by atoms with Crippen LogP contribution in [0.2, 0.25) is 0 Å². The molecule has 2 aliphatic heterocycles. The second-order valence-corrected chi connectivity index (χ2v) is 19.2. The quantitative estimate of drug-likeness (QED) is 0.351. The second-order valence-electron chi connectivity index (χ2n) is 19.2. The number of carbonyl (C=O) groups is 2. The zero-order chi connectivity index (χ0) is 37.2. The normalized spacial score (nSPS) is 45.9. The molecule has 288 valence electrons. The van der Waals surface area contributed by atoms with Gasteiger partial charge in [-0.25, -0.2) is 8.78 Å². The van der Waals surface area contributed by atoms with Crippen LogP contribution in [0.5, 0.6) is 0 Å². The molecule has 5 aliphatic carbocycles. The number of amides is 2. The predicted molar refractivity (Wildman–Crippen MR) is 190 cm³/mol. The Morgan fingerprint density at radius 3 is 2.38 bits per heavy atom. The summed E-state index contributed by atoms with van der Waals surface area (Å²) < 4.78 is 47.7. The summed E-state index contributed by atoms with van der Waals surface area (Å²) >= 11 is 0. The van der Waals surface area contributed by atoms with Gasteiger partial charge < -0.3 is 29.1 Å². The van der Waals surface area contributed by atoms with Crippen molar-refractivity contribution >= 4 is 11.8 Å². The third-order valence-electron chi connectivity index (χ3n) is 16.8. The minimum atomic E-state index is -0.660. The maximum absolute atomic E-state index is 14.0. The van der Waals surface area contributed by atoms with E-state index < -0.39 is 17.7 Å². The van der Waals surface area contributed by atoms with Crippen LogP contribution < -0.4 is 0 Å². The Morgan fingerprint density at radius 2 is 1.69 bits per heavy atom. The molecule has 2 heterocycles. The summed E-state index contributed by atoms with van der Waals surface area (Å²) in [5, 5.41) is 12.6. The van der Waals surface area contributed by atoms with Gasteiger partial charge in [0.2, 0.25) is 11.8 Å². The minimum Gasteiger partial charge on any atom is -0.390 e. The Hall–Kier alpha value is -2.14. The topological polar surface area (TPSA) is 88.5 Å². The molecule has 7 fully saturated rings. The van der Waals surface area contributed by atoms with E-state index in [2.05, 4.69) is 34.6 Å². The molecule has 13 atom stereocenters. The molecule has 0 aromatic heterocycles. The molecule has 8 unspecified atom stereocenters. The van der Waals surface area contributed by atoms with E-state index in [-0.39, 0.29) is 81.9 Å².